The normalized spacial score (nSPS) is 15.4. The van der Waals surface area contributed by atoms with Crippen LogP contribution in [0.4, 0.5) is 0 Å². The minimum absolute atomic E-state index is 0.203. The zero-order chi connectivity index (χ0) is 13.6. The van der Waals surface area contributed by atoms with Gasteiger partial charge in [0.25, 0.3) is 0 Å². The standard InChI is InChI=1S/C13H28N2O2/c1-8-15(11(4)5)9-13(6,12(16)17-7)14-10(2)3/h10-11,14H,8-9H2,1-7H3. The summed E-state index contributed by atoms with van der Waals surface area (Å²) in [5.41, 5.74) is -0.650. The molecule has 0 aliphatic carbocycles. The first-order valence-electron chi connectivity index (χ1n) is 6.37. The van der Waals surface area contributed by atoms with Crippen LogP contribution in [0.1, 0.15) is 41.5 Å². The van der Waals surface area contributed by atoms with Crippen molar-refractivity contribution in [2.75, 3.05) is 20.2 Å². The Morgan fingerprint density at radius 2 is 1.88 bits per heavy atom. The molecule has 0 aliphatic heterocycles. The fourth-order valence-corrected chi connectivity index (χ4v) is 2.10. The average Bonchev–Trinajstić information content (AvgIpc) is 2.23. The maximum Gasteiger partial charge on any atom is 0.327 e. The zero-order valence-corrected chi connectivity index (χ0v) is 12.3. The van der Waals surface area contributed by atoms with Crippen molar-refractivity contribution in [3.8, 4) is 0 Å². The Kier molecular flexibility index (Phi) is 6.72. The molecule has 1 atom stereocenters. The van der Waals surface area contributed by atoms with E-state index in [0.717, 1.165) is 6.54 Å². The maximum atomic E-state index is 11.9. The van der Waals surface area contributed by atoms with Crippen LogP contribution >= 0.6 is 0 Å². The Labute approximate surface area is 106 Å². The first kappa shape index (κ1) is 16.4. The molecule has 0 spiro atoms. The SMILES string of the molecule is CCN(CC(C)(NC(C)C)C(=O)OC)C(C)C. The Morgan fingerprint density at radius 3 is 2.18 bits per heavy atom. The lowest BCUT2D eigenvalue weighted by atomic mass is 9.99. The van der Waals surface area contributed by atoms with Crippen molar-refractivity contribution in [2.24, 2.45) is 0 Å². The topological polar surface area (TPSA) is 41.6 Å². The second-order valence-electron chi connectivity index (χ2n) is 5.28. The fourth-order valence-electron chi connectivity index (χ4n) is 2.10. The van der Waals surface area contributed by atoms with Crippen molar-refractivity contribution < 1.29 is 9.53 Å². The molecule has 0 aromatic rings. The van der Waals surface area contributed by atoms with Crippen LogP contribution in [-0.2, 0) is 9.53 Å². The molecule has 1 N–H and O–H groups in total. The maximum absolute atomic E-state index is 11.9. The molecular formula is C13H28N2O2. The van der Waals surface area contributed by atoms with Gasteiger partial charge in [0, 0.05) is 18.6 Å². The van der Waals surface area contributed by atoms with E-state index in [1.807, 2.05) is 20.8 Å². The molecule has 0 heterocycles. The van der Waals surface area contributed by atoms with Gasteiger partial charge in [0.15, 0.2) is 0 Å². The molecule has 102 valence electrons. The van der Waals surface area contributed by atoms with Gasteiger partial charge in [-0.25, -0.2) is 0 Å². The fraction of sp³-hybridized carbons (Fsp3) is 0.923. The number of hydrogen-bond donors (Lipinski definition) is 1. The summed E-state index contributed by atoms with van der Waals surface area (Å²) in [4.78, 5) is 14.2. The number of likely N-dealkylation sites (N-methyl/N-ethyl adjacent to an activating group) is 1. The summed E-state index contributed by atoms with van der Waals surface area (Å²) in [5, 5.41) is 3.31. The molecule has 4 heteroatoms. The first-order valence-corrected chi connectivity index (χ1v) is 6.37. The highest BCUT2D eigenvalue weighted by Gasteiger charge is 2.36. The van der Waals surface area contributed by atoms with Gasteiger partial charge in [0.1, 0.15) is 5.54 Å². The number of ether oxygens (including phenoxy) is 1. The number of rotatable bonds is 7. The summed E-state index contributed by atoms with van der Waals surface area (Å²) in [7, 11) is 1.44. The number of hydrogen-bond acceptors (Lipinski definition) is 4. The number of carbonyl (C=O) groups is 1. The third-order valence-corrected chi connectivity index (χ3v) is 2.90. The van der Waals surface area contributed by atoms with E-state index in [1.54, 1.807) is 0 Å². The van der Waals surface area contributed by atoms with Crippen molar-refractivity contribution in [3.05, 3.63) is 0 Å². The highest BCUT2D eigenvalue weighted by atomic mass is 16.5. The minimum atomic E-state index is -0.650. The quantitative estimate of drug-likeness (QED) is 0.691. The van der Waals surface area contributed by atoms with E-state index in [1.165, 1.54) is 7.11 Å². The number of esters is 1. The Morgan fingerprint density at radius 1 is 1.35 bits per heavy atom. The molecule has 4 nitrogen and oxygen atoms in total. The summed E-state index contributed by atoms with van der Waals surface area (Å²) in [6, 6.07) is 0.655. The smallest absolute Gasteiger partial charge is 0.327 e. The van der Waals surface area contributed by atoms with E-state index in [0.29, 0.717) is 12.6 Å². The second-order valence-corrected chi connectivity index (χ2v) is 5.28. The summed E-state index contributed by atoms with van der Waals surface area (Å²) in [6.07, 6.45) is 0. The van der Waals surface area contributed by atoms with E-state index in [9.17, 15) is 4.79 Å². The third kappa shape index (κ3) is 5.04. The van der Waals surface area contributed by atoms with Crippen molar-refractivity contribution in [2.45, 2.75) is 59.2 Å². The van der Waals surface area contributed by atoms with Gasteiger partial charge in [-0.2, -0.15) is 0 Å². The molecule has 17 heavy (non-hydrogen) atoms. The molecule has 0 aromatic carbocycles. The summed E-state index contributed by atoms with van der Waals surface area (Å²) >= 11 is 0. The van der Waals surface area contributed by atoms with Gasteiger partial charge in [-0.3, -0.25) is 15.0 Å². The largest absolute Gasteiger partial charge is 0.468 e. The van der Waals surface area contributed by atoms with E-state index < -0.39 is 5.54 Å². The van der Waals surface area contributed by atoms with Crippen LogP contribution in [-0.4, -0.2) is 48.7 Å². The molecule has 0 fully saturated rings. The summed E-state index contributed by atoms with van der Waals surface area (Å²) in [6.45, 7) is 13.9. The second kappa shape index (κ2) is 6.97. The van der Waals surface area contributed by atoms with Crippen LogP contribution in [0.3, 0.4) is 0 Å². The van der Waals surface area contributed by atoms with Crippen molar-refractivity contribution in [3.63, 3.8) is 0 Å². The molecule has 0 radical (unpaired) electrons. The predicted molar refractivity (Wildman–Crippen MR) is 71.1 cm³/mol. The van der Waals surface area contributed by atoms with E-state index in [-0.39, 0.29) is 12.0 Å². The number of carbonyl (C=O) groups excluding carboxylic acids is 1. The van der Waals surface area contributed by atoms with Gasteiger partial charge < -0.3 is 4.74 Å². The van der Waals surface area contributed by atoms with Crippen LogP contribution in [0.5, 0.6) is 0 Å². The molecule has 1 unspecified atom stereocenters. The molecule has 0 saturated heterocycles. The van der Waals surface area contributed by atoms with Crippen LogP contribution in [0.2, 0.25) is 0 Å². The minimum Gasteiger partial charge on any atom is -0.468 e. The van der Waals surface area contributed by atoms with E-state index in [2.05, 4.69) is 31.0 Å². The number of methoxy groups -OCH3 is 1. The van der Waals surface area contributed by atoms with Crippen LogP contribution < -0.4 is 5.32 Å². The molecule has 0 aliphatic rings. The van der Waals surface area contributed by atoms with E-state index >= 15 is 0 Å². The average molecular weight is 244 g/mol. The summed E-state index contributed by atoms with van der Waals surface area (Å²) in [5.74, 6) is -0.203. The van der Waals surface area contributed by atoms with Crippen LogP contribution in [0.25, 0.3) is 0 Å². The molecular weight excluding hydrogens is 216 g/mol. The van der Waals surface area contributed by atoms with Crippen molar-refractivity contribution in [1.82, 2.24) is 10.2 Å². The third-order valence-electron chi connectivity index (χ3n) is 2.90. The van der Waals surface area contributed by atoms with Gasteiger partial charge >= 0.3 is 5.97 Å². The van der Waals surface area contributed by atoms with Crippen molar-refractivity contribution in [1.29, 1.82) is 0 Å². The molecule has 0 bridgehead atoms. The van der Waals surface area contributed by atoms with Crippen molar-refractivity contribution >= 4 is 5.97 Å². The highest BCUT2D eigenvalue weighted by molar-refractivity contribution is 5.80. The Balaban J connectivity index is 4.85. The molecule has 0 aromatic heterocycles. The lowest BCUT2D eigenvalue weighted by molar-refractivity contribution is -0.149. The number of nitrogens with zero attached hydrogens (tertiary/aromatic N) is 1. The zero-order valence-electron chi connectivity index (χ0n) is 12.3. The molecule has 0 amide bonds. The van der Waals surface area contributed by atoms with E-state index in [4.69, 9.17) is 4.74 Å². The molecule has 0 saturated carbocycles. The summed E-state index contributed by atoms with van der Waals surface area (Å²) < 4.78 is 4.91. The lowest BCUT2D eigenvalue weighted by Gasteiger charge is -2.36. The van der Waals surface area contributed by atoms with Crippen LogP contribution in [0, 0.1) is 0 Å². The van der Waals surface area contributed by atoms with Gasteiger partial charge in [-0.05, 0) is 41.2 Å². The first-order chi connectivity index (χ1) is 7.76. The monoisotopic (exact) mass is 244 g/mol. The van der Waals surface area contributed by atoms with Gasteiger partial charge in [0.05, 0.1) is 7.11 Å². The predicted octanol–water partition coefficient (Wildman–Crippen LogP) is 1.65. The lowest BCUT2D eigenvalue weighted by Crippen LogP contribution is -2.60. The van der Waals surface area contributed by atoms with Gasteiger partial charge in [-0.1, -0.05) is 6.92 Å². The number of nitrogens with one attached hydrogen (secondary N) is 1. The van der Waals surface area contributed by atoms with Crippen LogP contribution in [0.15, 0.2) is 0 Å². The van der Waals surface area contributed by atoms with Gasteiger partial charge in [0.2, 0.25) is 0 Å². The molecule has 0 rings (SSSR count). The highest BCUT2D eigenvalue weighted by Crippen LogP contribution is 2.12. The van der Waals surface area contributed by atoms with Gasteiger partial charge in [-0.15, -0.1) is 0 Å². The Hall–Kier alpha value is -0.610. The Bertz CT molecular complexity index is 242.